The fourth-order valence-corrected chi connectivity index (χ4v) is 1.73. The van der Waals surface area contributed by atoms with Crippen LogP contribution in [0.2, 0.25) is 0 Å². The number of hydrogen-bond acceptors (Lipinski definition) is 1. The molecule has 0 spiro atoms. The molecule has 1 N–H and O–H groups in total. The number of carboxylic acid groups (broad SMARTS) is 1. The Morgan fingerprint density at radius 3 is 1.93 bits per heavy atom. The number of rotatable bonds is 7. The predicted octanol–water partition coefficient (Wildman–Crippen LogP) is 3.46. The van der Waals surface area contributed by atoms with E-state index >= 15 is 0 Å². The third kappa shape index (κ3) is 4.95. The molecule has 14 heavy (non-hydrogen) atoms. The molecule has 3 heteroatoms. The second-order valence-electron chi connectivity index (χ2n) is 3.75. The van der Waals surface area contributed by atoms with Crippen LogP contribution in [0.3, 0.4) is 0 Å². The molecule has 0 aliphatic rings. The van der Waals surface area contributed by atoms with Crippen molar-refractivity contribution in [3.8, 4) is 0 Å². The molecule has 0 aromatic rings. The molecule has 0 bridgehead atoms. The van der Waals surface area contributed by atoms with Crippen molar-refractivity contribution >= 4 is 5.97 Å². The molecule has 2 nitrogen and oxygen atoms in total. The van der Waals surface area contributed by atoms with Crippen molar-refractivity contribution < 1.29 is 45.5 Å². The van der Waals surface area contributed by atoms with E-state index in [1.807, 2.05) is 13.8 Å². The third-order valence-electron chi connectivity index (χ3n) is 3.07. The van der Waals surface area contributed by atoms with Crippen molar-refractivity contribution in [1.82, 2.24) is 0 Å². The summed E-state index contributed by atoms with van der Waals surface area (Å²) in [5.41, 5.74) is -0.449. The zero-order valence-corrected chi connectivity index (χ0v) is 13.3. The van der Waals surface area contributed by atoms with Gasteiger partial charge in [0.05, 0.1) is 5.41 Å². The summed E-state index contributed by atoms with van der Waals surface area (Å²) in [7, 11) is 0. The van der Waals surface area contributed by atoms with E-state index in [2.05, 4.69) is 6.92 Å². The molecule has 0 aliphatic carbocycles. The van der Waals surface area contributed by atoms with Crippen molar-refractivity contribution in [3.05, 3.63) is 0 Å². The molecule has 0 rings (SSSR count). The summed E-state index contributed by atoms with van der Waals surface area (Å²) in [6.45, 7) is 6.09. The predicted molar refractivity (Wildman–Crippen MR) is 54.8 cm³/mol. The minimum atomic E-state index is -0.617. The molecule has 0 aliphatic heterocycles. The van der Waals surface area contributed by atoms with Gasteiger partial charge in [-0.25, -0.2) is 0 Å². The van der Waals surface area contributed by atoms with Gasteiger partial charge in [-0.1, -0.05) is 40.0 Å². The van der Waals surface area contributed by atoms with Crippen molar-refractivity contribution in [1.29, 1.82) is 0 Å². The van der Waals surface area contributed by atoms with Crippen molar-refractivity contribution in [3.63, 3.8) is 0 Å². The Kier molecular flexibility index (Phi) is 10.9. The quantitative estimate of drug-likeness (QED) is 0.728. The summed E-state index contributed by atoms with van der Waals surface area (Å²) in [5, 5.41) is 9.12. The van der Waals surface area contributed by atoms with Gasteiger partial charge in [-0.2, -0.15) is 0 Å². The van der Waals surface area contributed by atoms with Gasteiger partial charge >= 0.3 is 5.97 Å². The second-order valence-corrected chi connectivity index (χ2v) is 3.75. The van der Waals surface area contributed by atoms with Gasteiger partial charge in [0.15, 0.2) is 0 Å². The molecular formula is C11H22LaO2. The van der Waals surface area contributed by atoms with Crippen molar-refractivity contribution in [2.45, 2.75) is 59.3 Å². The molecule has 0 aromatic carbocycles. The smallest absolute Gasteiger partial charge is 0.309 e. The standard InChI is InChI=1S/C11H22O2.La/c1-4-7-8-9-11(5-2,6-3)10(12)13;/h4-9H2,1-3H3,(H,12,13);. The molecule has 0 saturated carbocycles. The number of carboxylic acids is 1. The van der Waals surface area contributed by atoms with Gasteiger partial charge in [0.1, 0.15) is 0 Å². The minimum Gasteiger partial charge on any atom is -0.481 e. The maximum Gasteiger partial charge on any atom is 0.309 e. The van der Waals surface area contributed by atoms with E-state index in [0.717, 1.165) is 38.5 Å². The van der Waals surface area contributed by atoms with E-state index in [9.17, 15) is 4.79 Å². The van der Waals surface area contributed by atoms with Gasteiger partial charge in [-0.15, -0.1) is 0 Å². The monoisotopic (exact) mass is 325 g/mol. The van der Waals surface area contributed by atoms with E-state index in [1.54, 1.807) is 0 Å². The summed E-state index contributed by atoms with van der Waals surface area (Å²) in [4.78, 5) is 11.1. The normalized spacial score (nSPS) is 10.8. The molecule has 0 atom stereocenters. The first-order valence-corrected chi connectivity index (χ1v) is 5.36. The fourth-order valence-electron chi connectivity index (χ4n) is 1.73. The molecule has 0 heterocycles. The molecule has 0 saturated heterocycles. The van der Waals surface area contributed by atoms with Crippen LogP contribution in [0.5, 0.6) is 0 Å². The van der Waals surface area contributed by atoms with Crippen LogP contribution >= 0.6 is 0 Å². The molecule has 1 radical (unpaired) electrons. The summed E-state index contributed by atoms with van der Waals surface area (Å²) < 4.78 is 0. The Balaban J connectivity index is 0. The van der Waals surface area contributed by atoms with Crippen LogP contribution in [-0.4, -0.2) is 11.1 Å². The molecule has 81 valence electrons. The van der Waals surface area contributed by atoms with Crippen LogP contribution in [0.15, 0.2) is 0 Å². The first-order valence-electron chi connectivity index (χ1n) is 5.36. The molecule has 0 aromatic heterocycles. The zero-order valence-electron chi connectivity index (χ0n) is 9.68. The second kappa shape index (κ2) is 8.93. The molecular weight excluding hydrogens is 303 g/mol. The van der Waals surface area contributed by atoms with Crippen LogP contribution in [0.25, 0.3) is 0 Å². The van der Waals surface area contributed by atoms with E-state index in [0.29, 0.717) is 0 Å². The number of hydrogen-bond donors (Lipinski definition) is 1. The third-order valence-corrected chi connectivity index (χ3v) is 3.07. The van der Waals surface area contributed by atoms with E-state index in [-0.39, 0.29) is 35.6 Å². The summed E-state index contributed by atoms with van der Waals surface area (Å²) in [5.74, 6) is -0.617. The van der Waals surface area contributed by atoms with Gasteiger partial charge in [-0.05, 0) is 19.3 Å². The maximum atomic E-state index is 11.1. The first kappa shape index (κ1) is 17.1. The Morgan fingerprint density at radius 2 is 1.64 bits per heavy atom. The Morgan fingerprint density at radius 1 is 1.14 bits per heavy atom. The van der Waals surface area contributed by atoms with E-state index in [4.69, 9.17) is 5.11 Å². The SMILES string of the molecule is CCCCCC(CC)(CC)C(=O)O.[La]. The van der Waals surface area contributed by atoms with Crippen molar-refractivity contribution in [2.75, 3.05) is 0 Å². The summed E-state index contributed by atoms with van der Waals surface area (Å²) >= 11 is 0. The number of aliphatic carboxylic acids is 1. The summed E-state index contributed by atoms with van der Waals surface area (Å²) in [6, 6.07) is 0. The van der Waals surface area contributed by atoms with Crippen LogP contribution < -0.4 is 0 Å². The number of carbonyl (C=O) groups is 1. The van der Waals surface area contributed by atoms with E-state index in [1.165, 1.54) is 0 Å². The Labute approximate surface area is 115 Å². The Bertz CT molecular complexity index is 153. The van der Waals surface area contributed by atoms with E-state index < -0.39 is 11.4 Å². The van der Waals surface area contributed by atoms with Crippen LogP contribution in [0.4, 0.5) is 0 Å². The van der Waals surface area contributed by atoms with Crippen LogP contribution in [0.1, 0.15) is 59.3 Å². The largest absolute Gasteiger partial charge is 0.481 e. The van der Waals surface area contributed by atoms with Gasteiger partial charge in [-0.3, -0.25) is 4.79 Å². The fraction of sp³-hybridized carbons (Fsp3) is 0.909. The van der Waals surface area contributed by atoms with Crippen LogP contribution in [-0.2, 0) is 4.79 Å². The van der Waals surface area contributed by atoms with Crippen LogP contribution in [0, 0.1) is 41.0 Å². The topological polar surface area (TPSA) is 37.3 Å². The maximum absolute atomic E-state index is 11.1. The van der Waals surface area contributed by atoms with Gasteiger partial charge < -0.3 is 5.11 Å². The zero-order chi connectivity index (χ0) is 10.3. The first-order chi connectivity index (χ1) is 6.13. The van der Waals surface area contributed by atoms with Gasteiger partial charge in [0.25, 0.3) is 0 Å². The number of unbranched alkanes of at least 4 members (excludes halogenated alkanes) is 2. The molecule has 0 unspecified atom stereocenters. The van der Waals surface area contributed by atoms with Crippen molar-refractivity contribution in [2.24, 2.45) is 5.41 Å². The molecule has 0 amide bonds. The Hall–Kier alpha value is 0.665. The van der Waals surface area contributed by atoms with Gasteiger partial charge in [0.2, 0.25) is 0 Å². The molecule has 0 fully saturated rings. The average molecular weight is 325 g/mol. The van der Waals surface area contributed by atoms with Gasteiger partial charge in [0, 0.05) is 35.6 Å². The summed E-state index contributed by atoms with van der Waals surface area (Å²) in [6.07, 6.45) is 5.69. The average Bonchev–Trinajstić information content (AvgIpc) is 2.13. The minimum absolute atomic E-state index is 0.